The van der Waals surface area contributed by atoms with Gasteiger partial charge in [-0.05, 0) is 12.1 Å². The van der Waals surface area contributed by atoms with Crippen LogP contribution in [0.2, 0.25) is 0 Å². The lowest BCUT2D eigenvalue weighted by atomic mass is 10.4. The molecule has 5 N–H and O–H groups in total. The van der Waals surface area contributed by atoms with Crippen LogP contribution in [0, 0.1) is 0 Å². The molecular weight excluding hydrogens is 256 g/mol. The first-order valence-electron chi connectivity index (χ1n) is 5.02. The molecule has 0 aliphatic heterocycles. The van der Waals surface area contributed by atoms with Crippen molar-refractivity contribution in [2.45, 2.75) is 11.6 Å². The Morgan fingerprint density at radius 1 is 1.44 bits per heavy atom. The van der Waals surface area contributed by atoms with E-state index in [-0.39, 0.29) is 17.3 Å². The molecule has 96 valence electrons. The van der Waals surface area contributed by atoms with Crippen LogP contribution in [0.3, 0.4) is 0 Å². The van der Waals surface area contributed by atoms with Crippen LogP contribution in [-0.2, 0) is 16.6 Å². The molecule has 0 aliphatic carbocycles. The number of aromatic amines is 1. The van der Waals surface area contributed by atoms with Crippen LogP contribution in [0.5, 0.6) is 0 Å². The number of pyridine rings is 1. The zero-order chi connectivity index (χ0) is 13.0. The summed E-state index contributed by atoms with van der Waals surface area (Å²) in [6, 6.07) is 3.11. The number of nitrogens with one attached hydrogen (secondary N) is 3. The first-order valence-corrected chi connectivity index (χ1v) is 6.50. The van der Waals surface area contributed by atoms with Crippen LogP contribution in [0.4, 0.5) is 5.69 Å². The Kier molecular flexibility index (Phi) is 3.55. The van der Waals surface area contributed by atoms with Gasteiger partial charge < -0.3 is 10.4 Å². The lowest BCUT2D eigenvalue weighted by molar-refractivity contribution is 0.577. The maximum atomic E-state index is 12.0. The van der Waals surface area contributed by atoms with Gasteiger partial charge in [-0.2, -0.15) is 0 Å². The molecule has 0 atom stereocenters. The maximum absolute atomic E-state index is 12.0. The summed E-state index contributed by atoms with van der Waals surface area (Å²) in [6.07, 6.45) is 4.38. The molecule has 0 spiro atoms. The topological polar surface area (TPSA) is 126 Å². The first kappa shape index (κ1) is 12.5. The maximum Gasteiger partial charge on any atom is 0.260 e. The molecule has 0 aliphatic rings. The SMILES string of the molecule is NNc1cccnc1S(=O)(=O)NCc1cnc[nH]1. The molecule has 0 saturated heterocycles. The van der Waals surface area contributed by atoms with Gasteiger partial charge in [0.2, 0.25) is 0 Å². The van der Waals surface area contributed by atoms with E-state index in [1.807, 2.05) is 0 Å². The van der Waals surface area contributed by atoms with Crippen molar-refractivity contribution in [1.29, 1.82) is 0 Å². The third kappa shape index (κ3) is 2.64. The summed E-state index contributed by atoms with van der Waals surface area (Å²) in [6.45, 7) is 0.100. The number of sulfonamides is 1. The fourth-order valence-electron chi connectivity index (χ4n) is 1.34. The van der Waals surface area contributed by atoms with Crippen LogP contribution < -0.4 is 16.0 Å². The predicted octanol–water partition coefficient (Wildman–Crippen LogP) is -0.431. The van der Waals surface area contributed by atoms with Gasteiger partial charge >= 0.3 is 0 Å². The summed E-state index contributed by atoms with van der Waals surface area (Å²) in [5.74, 6) is 5.24. The molecule has 2 aromatic rings. The Balaban J connectivity index is 2.20. The minimum atomic E-state index is -3.73. The molecule has 0 radical (unpaired) electrons. The fourth-order valence-corrected chi connectivity index (χ4v) is 2.44. The molecule has 8 nitrogen and oxygen atoms in total. The lowest BCUT2D eigenvalue weighted by Crippen LogP contribution is -2.26. The van der Waals surface area contributed by atoms with Crippen molar-refractivity contribution >= 4 is 15.7 Å². The smallest absolute Gasteiger partial charge is 0.260 e. The number of H-pyrrole nitrogens is 1. The minimum Gasteiger partial charge on any atom is -0.347 e. The Hall–Kier alpha value is -1.97. The van der Waals surface area contributed by atoms with Crippen LogP contribution >= 0.6 is 0 Å². The second-order valence-electron chi connectivity index (χ2n) is 3.40. The van der Waals surface area contributed by atoms with E-state index in [4.69, 9.17) is 5.84 Å². The quantitative estimate of drug-likeness (QED) is 0.430. The van der Waals surface area contributed by atoms with Crippen molar-refractivity contribution in [2.24, 2.45) is 5.84 Å². The average Bonchev–Trinajstić information content (AvgIpc) is 2.89. The van der Waals surface area contributed by atoms with Gasteiger partial charge in [0.25, 0.3) is 10.0 Å². The predicted molar refractivity (Wildman–Crippen MR) is 64.7 cm³/mol. The molecule has 0 aromatic carbocycles. The monoisotopic (exact) mass is 268 g/mol. The van der Waals surface area contributed by atoms with Gasteiger partial charge in [-0.3, -0.25) is 5.84 Å². The molecule has 2 rings (SSSR count). The molecule has 0 saturated carbocycles. The Bertz CT molecular complexity index is 610. The number of hydrazine groups is 1. The lowest BCUT2D eigenvalue weighted by Gasteiger charge is -2.08. The zero-order valence-electron chi connectivity index (χ0n) is 9.29. The number of nitrogens with zero attached hydrogens (tertiary/aromatic N) is 2. The van der Waals surface area contributed by atoms with Gasteiger partial charge in [0.1, 0.15) is 0 Å². The second-order valence-corrected chi connectivity index (χ2v) is 5.08. The number of rotatable bonds is 5. The molecule has 0 amide bonds. The number of aromatic nitrogens is 3. The number of hydrogen-bond donors (Lipinski definition) is 4. The third-order valence-corrected chi connectivity index (χ3v) is 3.55. The number of anilines is 1. The standard InChI is InChI=1S/C9H12N6O2S/c10-15-8-2-1-3-12-9(8)18(16,17)14-5-7-4-11-6-13-7/h1-4,6,14-15H,5,10H2,(H,11,13). The van der Waals surface area contributed by atoms with E-state index in [0.717, 1.165) is 0 Å². The number of nitrogens with two attached hydrogens (primary N) is 1. The molecule has 0 bridgehead atoms. The number of imidazole rings is 1. The van der Waals surface area contributed by atoms with Crippen molar-refractivity contribution in [2.75, 3.05) is 5.43 Å². The summed E-state index contributed by atoms with van der Waals surface area (Å²) in [5.41, 5.74) is 3.17. The van der Waals surface area contributed by atoms with Gasteiger partial charge in [-0.25, -0.2) is 23.1 Å². The number of nitrogen functional groups attached to an aromatic ring is 1. The minimum absolute atomic E-state index is 0.100. The van der Waals surface area contributed by atoms with E-state index in [1.165, 1.54) is 24.8 Å². The molecule has 0 unspecified atom stereocenters. The largest absolute Gasteiger partial charge is 0.347 e. The summed E-state index contributed by atoms with van der Waals surface area (Å²) in [5, 5.41) is -0.146. The Morgan fingerprint density at radius 2 is 2.28 bits per heavy atom. The van der Waals surface area contributed by atoms with Gasteiger partial charge in [0.05, 0.1) is 18.6 Å². The van der Waals surface area contributed by atoms with Gasteiger partial charge in [-0.1, -0.05) is 0 Å². The van der Waals surface area contributed by atoms with E-state index in [1.54, 1.807) is 6.07 Å². The second kappa shape index (κ2) is 5.12. The Labute approximate surface area is 104 Å². The third-order valence-electron chi connectivity index (χ3n) is 2.19. The normalized spacial score (nSPS) is 11.4. The fraction of sp³-hybridized carbons (Fsp3) is 0.111. The van der Waals surface area contributed by atoms with Crippen LogP contribution in [0.15, 0.2) is 35.9 Å². The highest BCUT2D eigenvalue weighted by molar-refractivity contribution is 7.89. The Morgan fingerprint density at radius 3 is 2.94 bits per heavy atom. The van der Waals surface area contributed by atoms with Crippen molar-refractivity contribution in [3.05, 3.63) is 36.5 Å². The molecule has 18 heavy (non-hydrogen) atoms. The highest BCUT2D eigenvalue weighted by atomic mass is 32.2. The van der Waals surface area contributed by atoms with Crippen LogP contribution in [-0.4, -0.2) is 23.4 Å². The van der Waals surface area contributed by atoms with Crippen molar-refractivity contribution in [1.82, 2.24) is 19.7 Å². The highest BCUT2D eigenvalue weighted by Crippen LogP contribution is 2.16. The van der Waals surface area contributed by atoms with Crippen LogP contribution in [0.1, 0.15) is 5.69 Å². The molecule has 0 fully saturated rings. The van der Waals surface area contributed by atoms with E-state index in [9.17, 15) is 8.42 Å². The van der Waals surface area contributed by atoms with E-state index >= 15 is 0 Å². The van der Waals surface area contributed by atoms with E-state index < -0.39 is 10.0 Å². The van der Waals surface area contributed by atoms with E-state index in [0.29, 0.717) is 5.69 Å². The van der Waals surface area contributed by atoms with Gasteiger partial charge in [0, 0.05) is 18.1 Å². The summed E-state index contributed by atoms with van der Waals surface area (Å²) >= 11 is 0. The molecule has 9 heteroatoms. The summed E-state index contributed by atoms with van der Waals surface area (Å²) in [4.78, 5) is 10.4. The molecule has 2 aromatic heterocycles. The first-order chi connectivity index (χ1) is 8.63. The van der Waals surface area contributed by atoms with Gasteiger partial charge in [0.15, 0.2) is 5.03 Å². The van der Waals surface area contributed by atoms with Crippen molar-refractivity contribution < 1.29 is 8.42 Å². The zero-order valence-corrected chi connectivity index (χ0v) is 10.1. The summed E-state index contributed by atoms with van der Waals surface area (Å²) in [7, 11) is -3.73. The van der Waals surface area contributed by atoms with Gasteiger partial charge in [-0.15, -0.1) is 0 Å². The van der Waals surface area contributed by atoms with Crippen molar-refractivity contribution in [3.63, 3.8) is 0 Å². The average molecular weight is 268 g/mol. The summed E-state index contributed by atoms with van der Waals surface area (Å²) < 4.78 is 26.4. The van der Waals surface area contributed by atoms with E-state index in [2.05, 4.69) is 25.1 Å². The van der Waals surface area contributed by atoms with Crippen molar-refractivity contribution in [3.8, 4) is 0 Å². The highest BCUT2D eigenvalue weighted by Gasteiger charge is 2.19. The molecular formula is C9H12N6O2S. The van der Waals surface area contributed by atoms with Crippen LogP contribution in [0.25, 0.3) is 0 Å². The number of hydrogen-bond acceptors (Lipinski definition) is 6. The molecule has 2 heterocycles.